The van der Waals surface area contributed by atoms with Gasteiger partial charge in [-0.05, 0) is 31.5 Å². The molecule has 0 aliphatic rings. The second-order valence-corrected chi connectivity index (χ2v) is 4.08. The van der Waals surface area contributed by atoms with Crippen LogP contribution in [0.15, 0.2) is 24.3 Å². The highest BCUT2D eigenvalue weighted by Gasteiger charge is 2.16. The predicted octanol–water partition coefficient (Wildman–Crippen LogP) is 2.50. The third kappa shape index (κ3) is 4.82. The van der Waals surface area contributed by atoms with E-state index in [1.807, 2.05) is 6.92 Å². The predicted molar refractivity (Wildman–Crippen MR) is 66.1 cm³/mol. The summed E-state index contributed by atoms with van der Waals surface area (Å²) in [7, 11) is 1.32. The summed E-state index contributed by atoms with van der Waals surface area (Å²) in [5, 5.41) is 3.04. The number of nitrogens with one attached hydrogen (secondary N) is 1. The van der Waals surface area contributed by atoms with Gasteiger partial charge < -0.3 is 9.47 Å². The largest absolute Gasteiger partial charge is 0.468 e. The number of halogens is 2. The van der Waals surface area contributed by atoms with Gasteiger partial charge in [0, 0.05) is 6.04 Å². The topological polar surface area (TPSA) is 47.6 Å². The number of carbonyl (C=O) groups excluding carboxylic acids is 1. The molecule has 0 radical (unpaired) electrons. The number of alkyl halides is 2. The SMILES string of the molecule is COC(=O)[C@H](C)NC(C)c1ccc(OC(F)F)cc1. The average Bonchev–Trinajstić information content (AvgIpc) is 2.37. The Morgan fingerprint density at radius 2 is 1.79 bits per heavy atom. The molecule has 0 bridgehead atoms. The third-order valence-corrected chi connectivity index (χ3v) is 2.66. The molecule has 4 nitrogen and oxygen atoms in total. The molecule has 0 saturated carbocycles. The Hall–Kier alpha value is -1.69. The zero-order valence-electron chi connectivity index (χ0n) is 11.0. The highest BCUT2D eigenvalue weighted by molar-refractivity contribution is 5.75. The molecule has 106 valence electrons. The Labute approximate surface area is 110 Å². The van der Waals surface area contributed by atoms with Crippen LogP contribution in [0.4, 0.5) is 8.78 Å². The molecule has 1 aromatic carbocycles. The summed E-state index contributed by atoms with van der Waals surface area (Å²) in [5.41, 5.74) is 0.859. The molecule has 0 fully saturated rings. The maximum atomic E-state index is 12.0. The van der Waals surface area contributed by atoms with Gasteiger partial charge >= 0.3 is 12.6 Å². The molecule has 6 heteroatoms. The Morgan fingerprint density at radius 3 is 2.26 bits per heavy atom. The van der Waals surface area contributed by atoms with E-state index in [0.717, 1.165) is 5.56 Å². The zero-order chi connectivity index (χ0) is 14.4. The van der Waals surface area contributed by atoms with Gasteiger partial charge in [0.1, 0.15) is 11.8 Å². The number of carbonyl (C=O) groups is 1. The minimum Gasteiger partial charge on any atom is -0.468 e. The molecule has 1 N–H and O–H groups in total. The number of hydrogen-bond acceptors (Lipinski definition) is 4. The van der Waals surface area contributed by atoms with Gasteiger partial charge in [-0.2, -0.15) is 8.78 Å². The van der Waals surface area contributed by atoms with Gasteiger partial charge in [0.05, 0.1) is 7.11 Å². The second kappa shape index (κ2) is 7.04. The molecular weight excluding hydrogens is 256 g/mol. The van der Waals surface area contributed by atoms with Crippen LogP contribution in [-0.4, -0.2) is 25.7 Å². The molecule has 19 heavy (non-hydrogen) atoms. The normalized spacial score (nSPS) is 14.0. The van der Waals surface area contributed by atoms with E-state index in [1.165, 1.54) is 19.2 Å². The fraction of sp³-hybridized carbons (Fsp3) is 0.462. The maximum Gasteiger partial charge on any atom is 0.387 e. The molecule has 0 heterocycles. The summed E-state index contributed by atoms with van der Waals surface area (Å²) in [4.78, 5) is 11.3. The minimum atomic E-state index is -2.83. The summed E-state index contributed by atoms with van der Waals surface area (Å²) in [6.07, 6.45) is 0. The lowest BCUT2D eigenvalue weighted by Gasteiger charge is -2.18. The zero-order valence-corrected chi connectivity index (χ0v) is 11.0. The number of ether oxygens (including phenoxy) is 2. The molecule has 1 aromatic rings. The fourth-order valence-electron chi connectivity index (χ4n) is 1.65. The molecule has 1 unspecified atom stereocenters. The van der Waals surface area contributed by atoms with Crippen LogP contribution in [-0.2, 0) is 9.53 Å². The molecular formula is C13H17F2NO3. The van der Waals surface area contributed by atoms with Crippen molar-refractivity contribution in [1.82, 2.24) is 5.32 Å². The lowest BCUT2D eigenvalue weighted by atomic mass is 10.1. The van der Waals surface area contributed by atoms with Crippen molar-refractivity contribution >= 4 is 5.97 Å². The van der Waals surface area contributed by atoms with E-state index < -0.39 is 12.7 Å². The Morgan fingerprint density at radius 1 is 1.21 bits per heavy atom. The fourth-order valence-corrected chi connectivity index (χ4v) is 1.65. The van der Waals surface area contributed by atoms with Crippen LogP contribution in [0, 0.1) is 0 Å². The Bertz CT molecular complexity index is 409. The smallest absolute Gasteiger partial charge is 0.387 e. The number of methoxy groups -OCH3 is 1. The van der Waals surface area contributed by atoms with Crippen molar-refractivity contribution in [2.24, 2.45) is 0 Å². The van der Waals surface area contributed by atoms with Crippen molar-refractivity contribution in [1.29, 1.82) is 0 Å². The van der Waals surface area contributed by atoms with Crippen molar-refractivity contribution in [2.75, 3.05) is 7.11 Å². The van der Waals surface area contributed by atoms with E-state index in [0.29, 0.717) is 0 Å². The van der Waals surface area contributed by atoms with Crippen molar-refractivity contribution < 1.29 is 23.0 Å². The van der Waals surface area contributed by atoms with Gasteiger partial charge in [-0.15, -0.1) is 0 Å². The summed E-state index contributed by atoms with van der Waals surface area (Å²) < 4.78 is 32.9. The summed E-state index contributed by atoms with van der Waals surface area (Å²) in [5.74, 6) is -0.253. The van der Waals surface area contributed by atoms with Crippen LogP contribution in [0.5, 0.6) is 5.75 Å². The number of benzene rings is 1. The van der Waals surface area contributed by atoms with Crippen LogP contribution >= 0.6 is 0 Å². The minimum absolute atomic E-state index is 0.104. The summed E-state index contributed by atoms with van der Waals surface area (Å²) in [6, 6.07) is 5.69. The lowest BCUT2D eigenvalue weighted by Crippen LogP contribution is -2.36. The number of rotatable bonds is 6. The van der Waals surface area contributed by atoms with Crippen molar-refractivity contribution in [3.63, 3.8) is 0 Å². The number of esters is 1. The van der Waals surface area contributed by atoms with Gasteiger partial charge in [0.2, 0.25) is 0 Å². The second-order valence-electron chi connectivity index (χ2n) is 4.08. The van der Waals surface area contributed by atoms with Gasteiger partial charge in [0.25, 0.3) is 0 Å². The first-order chi connectivity index (χ1) is 8.93. The monoisotopic (exact) mass is 273 g/mol. The van der Waals surface area contributed by atoms with Gasteiger partial charge in [0.15, 0.2) is 0 Å². The lowest BCUT2D eigenvalue weighted by molar-refractivity contribution is -0.142. The van der Waals surface area contributed by atoms with Crippen molar-refractivity contribution in [3.8, 4) is 5.75 Å². The van der Waals surface area contributed by atoms with E-state index >= 15 is 0 Å². The molecule has 0 aliphatic carbocycles. The van der Waals surface area contributed by atoms with Crippen LogP contribution in [0.25, 0.3) is 0 Å². The molecule has 2 atom stereocenters. The van der Waals surface area contributed by atoms with Crippen LogP contribution < -0.4 is 10.1 Å². The first-order valence-corrected chi connectivity index (χ1v) is 5.82. The van der Waals surface area contributed by atoms with Gasteiger partial charge in [-0.25, -0.2) is 0 Å². The molecule has 0 aliphatic heterocycles. The first kappa shape index (κ1) is 15.4. The number of hydrogen-bond donors (Lipinski definition) is 1. The van der Waals surface area contributed by atoms with Gasteiger partial charge in [-0.3, -0.25) is 10.1 Å². The van der Waals surface area contributed by atoms with E-state index in [2.05, 4.69) is 14.8 Å². The molecule has 0 saturated heterocycles. The standard InChI is InChI=1S/C13H17F2NO3/c1-8(16-9(2)12(17)18-3)10-4-6-11(7-5-10)19-13(14)15/h4-9,13,16H,1-3H3/t8?,9-/m0/s1. The van der Waals surface area contributed by atoms with Crippen molar-refractivity contribution in [2.45, 2.75) is 32.5 Å². The average molecular weight is 273 g/mol. The van der Waals surface area contributed by atoms with Crippen molar-refractivity contribution in [3.05, 3.63) is 29.8 Å². The molecule has 0 spiro atoms. The Balaban J connectivity index is 2.62. The van der Waals surface area contributed by atoms with E-state index in [4.69, 9.17) is 0 Å². The molecule has 0 aromatic heterocycles. The first-order valence-electron chi connectivity index (χ1n) is 5.82. The van der Waals surface area contributed by atoms with Gasteiger partial charge in [-0.1, -0.05) is 12.1 Å². The maximum absolute atomic E-state index is 12.0. The highest BCUT2D eigenvalue weighted by Crippen LogP contribution is 2.19. The molecule has 0 amide bonds. The van der Waals surface area contributed by atoms with E-state index in [1.54, 1.807) is 19.1 Å². The van der Waals surface area contributed by atoms with Crippen LogP contribution in [0.1, 0.15) is 25.5 Å². The summed E-state index contributed by atoms with van der Waals surface area (Å²) >= 11 is 0. The van der Waals surface area contributed by atoms with Crippen LogP contribution in [0.3, 0.4) is 0 Å². The van der Waals surface area contributed by atoms with E-state index in [9.17, 15) is 13.6 Å². The quantitative estimate of drug-likeness (QED) is 0.809. The van der Waals surface area contributed by atoms with Crippen LogP contribution in [0.2, 0.25) is 0 Å². The summed E-state index contributed by atoms with van der Waals surface area (Å²) in [6.45, 7) is 0.722. The van der Waals surface area contributed by atoms with E-state index in [-0.39, 0.29) is 17.8 Å². The third-order valence-electron chi connectivity index (χ3n) is 2.66. The highest BCUT2D eigenvalue weighted by atomic mass is 19.3. The Kier molecular flexibility index (Phi) is 5.69. The molecule has 1 rings (SSSR count).